The van der Waals surface area contributed by atoms with Crippen LogP contribution in [0.3, 0.4) is 0 Å². The summed E-state index contributed by atoms with van der Waals surface area (Å²) < 4.78 is 0. The molecule has 0 aromatic carbocycles. The van der Waals surface area contributed by atoms with E-state index in [4.69, 9.17) is 0 Å². The Kier molecular flexibility index (Phi) is 3.03. The Balaban J connectivity index is 2.18. The smallest absolute Gasteiger partial charge is 0.274 e. The third-order valence-corrected chi connectivity index (χ3v) is 2.70. The van der Waals surface area contributed by atoms with Crippen LogP contribution in [0.25, 0.3) is 0 Å². The highest BCUT2D eigenvalue weighted by atomic mass is 16.2. The number of anilines is 1. The molecular formula is C11H16N4O. The van der Waals surface area contributed by atoms with Gasteiger partial charge in [-0.1, -0.05) is 0 Å². The number of amides is 1. The fraction of sp³-hybridized carbons (Fsp3) is 0.545. The summed E-state index contributed by atoms with van der Waals surface area (Å²) in [6.45, 7) is 2.72. The minimum atomic E-state index is -0.0189. The molecule has 2 rings (SSSR count). The number of carbonyl (C=O) groups excluding carboxylic acids is 1. The minimum absolute atomic E-state index is 0.0189. The van der Waals surface area contributed by atoms with Gasteiger partial charge in [-0.25, -0.2) is 4.98 Å². The highest BCUT2D eigenvalue weighted by Gasteiger charge is 2.32. The van der Waals surface area contributed by atoms with E-state index in [1.54, 1.807) is 13.2 Å². The van der Waals surface area contributed by atoms with Crippen LogP contribution in [-0.4, -0.2) is 40.4 Å². The second kappa shape index (κ2) is 4.47. The molecule has 0 saturated heterocycles. The Hall–Kier alpha value is -1.65. The average molecular weight is 220 g/mol. The molecule has 16 heavy (non-hydrogen) atoms. The quantitative estimate of drug-likeness (QED) is 0.826. The first kappa shape index (κ1) is 10.9. The Labute approximate surface area is 94.9 Å². The molecule has 0 radical (unpaired) electrons. The molecule has 1 heterocycles. The molecule has 0 bridgehead atoms. The number of carbonyl (C=O) groups is 1. The molecule has 1 amide bonds. The number of aromatic nitrogens is 2. The van der Waals surface area contributed by atoms with Crippen LogP contribution in [0.2, 0.25) is 0 Å². The van der Waals surface area contributed by atoms with Crippen LogP contribution < -0.4 is 5.32 Å². The number of hydrogen-bond acceptors (Lipinski definition) is 4. The predicted octanol–water partition coefficient (Wildman–Crippen LogP) is 1.14. The molecule has 1 saturated carbocycles. The maximum absolute atomic E-state index is 12.1. The monoisotopic (exact) mass is 220 g/mol. The molecule has 5 nitrogen and oxygen atoms in total. The van der Waals surface area contributed by atoms with Crippen LogP contribution in [0.5, 0.6) is 0 Å². The van der Waals surface area contributed by atoms with Gasteiger partial charge >= 0.3 is 0 Å². The van der Waals surface area contributed by atoms with Gasteiger partial charge in [0.25, 0.3) is 5.91 Å². The van der Waals surface area contributed by atoms with Gasteiger partial charge in [-0.05, 0) is 19.8 Å². The van der Waals surface area contributed by atoms with E-state index in [0.717, 1.165) is 19.4 Å². The molecule has 1 N–H and O–H groups in total. The van der Waals surface area contributed by atoms with E-state index >= 15 is 0 Å². The maximum Gasteiger partial charge on any atom is 0.274 e. The topological polar surface area (TPSA) is 58.1 Å². The second-order valence-electron chi connectivity index (χ2n) is 3.86. The second-order valence-corrected chi connectivity index (χ2v) is 3.86. The highest BCUT2D eigenvalue weighted by molar-refractivity contribution is 5.92. The van der Waals surface area contributed by atoms with Crippen molar-refractivity contribution in [3.8, 4) is 0 Å². The lowest BCUT2D eigenvalue weighted by Crippen LogP contribution is -2.33. The number of nitrogens with one attached hydrogen (secondary N) is 1. The van der Waals surface area contributed by atoms with Crippen LogP contribution in [0.1, 0.15) is 30.3 Å². The van der Waals surface area contributed by atoms with E-state index in [2.05, 4.69) is 15.3 Å². The maximum atomic E-state index is 12.1. The van der Waals surface area contributed by atoms with Crippen molar-refractivity contribution < 1.29 is 4.79 Å². The third-order valence-electron chi connectivity index (χ3n) is 2.70. The summed E-state index contributed by atoms with van der Waals surface area (Å²) in [5.74, 6) is 0.604. The zero-order valence-corrected chi connectivity index (χ0v) is 9.60. The minimum Gasteiger partial charge on any atom is -0.372 e. The molecule has 1 aliphatic carbocycles. The SMILES string of the molecule is CCN(C(=O)c1cncc(NC)n1)C1CC1. The number of nitrogens with zero attached hydrogens (tertiary/aromatic N) is 3. The molecule has 1 fully saturated rings. The summed E-state index contributed by atoms with van der Waals surface area (Å²) in [4.78, 5) is 22.2. The van der Waals surface area contributed by atoms with Gasteiger partial charge in [0.15, 0.2) is 0 Å². The molecule has 86 valence electrons. The average Bonchev–Trinajstić information content (AvgIpc) is 3.14. The standard InChI is InChI=1S/C11H16N4O/c1-3-15(8-4-5-8)11(16)9-6-13-7-10(12-2)14-9/h6-8H,3-5H2,1-2H3,(H,12,14). The summed E-state index contributed by atoms with van der Waals surface area (Å²) in [7, 11) is 1.76. The number of rotatable bonds is 4. The molecule has 0 spiro atoms. The van der Waals surface area contributed by atoms with Crippen LogP contribution in [0.4, 0.5) is 5.82 Å². The summed E-state index contributed by atoms with van der Waals surface area (Å²) in [5.41, 5.74) is 0.417. The van der Waals surface area contributed by atoms with E-state index in [-0.39, 0.29) is 5.91 Å². The van der Waals surface area contributed by atoms with Gasteiger partial charge in [0.1, 0.15) is 11.5 Å². The summed E-state index contributed by atoms with van der Waals surface area (Å²) in [6, 6.07) is 0.414. The molecule has 0 aliphatic heterocycles. The van der Waals surface area contributed by atoms with Crippen molar-refractivity contribution in [3.63, 3.8) is 0 Å². The molecule has 0 atom stereocenters. The fourth-order valence-corrected chi connectivity index (χ4v) is 1.69. The Morgan fingerprint density at radius 2 is 2.31 bits per heavy atom. The van der Waals surface area contributed by atoms with Crippen molar-refractivity contribution in [2.45, 2.75) is 25.8 Å². The highest BCUT2D eigenvalue weighted by Crippen LogP contribution is 2.27. The molecule has 1 aromatic rings. The third kappa shape index (κ3) is 2.13. The van der Waals surface area contributed by atoms with Gasteiger partial charge in [-0.15, -0.1) is 0 Å². The van der Waals surface area contributed by atoms with Gasteiger partial charge in [-0.3, -0.25) is 9.78 Å². The Morgan fingerprint density at radius 3 is 2.88 bits per heavy atom. The largest absolute Gasteiger partial charge is 0.372 e. The molecular weight excluding hydrogens is 204 g/mol. The van der Waals surface area contributed by atoms with Gasteiger partial charge in [0, 0.05) is 19.6 Å². The lowest BCUT2D eigenvalue weighted by atomic mass is 10.3. The van der Waals surface area contributed by atoms with E-state index in [9.17, 15) is 4.79 Å². The van der Waals surface area contributed by atoms with E-state index in [0.29, 0.717) is 17.6 Å². The van der Waals surface area contributed by atoms with E-state index in [1.165, 1.54) is 6.20 Å². The van der Waals surface area contributed by atoms with Crippen LogP contribution >= 0.6 is 0 Å². The van der Waals surface area contributed by atoms with Gasteiger partial charge in [0.2, 0.25) is 0 Å². The van der Waals surface area contributed by atoms with E-state index in [1.807, 2.05) is 11.8 Å². The normalized spacial score (nSPS) is 14.6. The summed E-state index contributed by atoms with van der Waals surface area (Å²) in [5, 5.41) is 2.88. The van der Waals surface area contributed by atoms with Crippen LogP contribution in [0, 0.1) is 0 Å². The van der Waals surface area contributed by atoms with Crippen LogP contribution in [-0.2, 0) is 0 Å². The van der Waals surface area contributed by atoms with Crippen LogP contribution in [0.15, 0.2) is 12.4 Å². The van der Waals surface area contributed by atoms with E-state index < -0.39 is 0 Å². The zero-order valence-electron chi connectivity index (χ0n) is 9.60. The lowest BCUT2D eigenvalue weighted by Gasteiger charge is -2.19. The van der Waals surface area contributed by atoms with Gasteiger partial charge in [0.05, 0.1) is 12.4 Å². The lowest BCUT2D eigenvalue weighted by molar-refractivity contribution is 0.0746. The van der Waals surface area contributed by atoms with Gasteiger partial charge in [-0.2, -0.15) is 0 Å². The first-order valence-electron chi connectivity index (χ1n) is 5.57. The zero-order chi connectivity index (χ0) is 11.5. The molecule has 0 unspecified atom stereocenters. The summed E-state index contributed by atoms with van der Waals surface area (Å²) in [6.07, 6.45) is 5.34. The number of hydrogen-bond donors (Lipinski definition) is 1. The Morgan fingerprint density at radius 1 is 1.56 bits per heavy atom. The molecule has 1 aliphatic rings. The Bertz CT molecular complexity index is 389. The van der Waals surface area contributed by atoms with Crippen molar-refractivity contribution >= 4 is 11.7 Å². The first-order chi connectivity index (χ1) is 7.76. The first-order valence-corrected chi connectivity index (χ1v) is 5.57. The van der Waals surface area contributed by atoms with Gasteiger partial charge < -0.3 is 10.2 Å². The van der Waals surface area contributed by atoms with Crippen molar-refractivity contribution in [1.82, 2.24) is 14.9 Å². The molecule has 5 heteroatoms. The van der Waals surface area contributed by atoms with Crippen molar-refractivity contribution in [2.24, 2.45) is 0 Å². The summed E-state index contributed by atoms with van der Waals surface area (Å²) >= 11 is 0. The fourth-order valence-electron chi connectivity index (χ4n) is 1.69. The van der Waals surface area contributed by atoms with Crippen molar-refractivity contribution in [1.29, 1.82) is 0 Å². The predicted molar refractivity (Wildman–Crippen MR) is 61.3 cm³/mol. The van der Waals surface area contributed by atoms with Crippen molar-refractivity contribution in [2.75, 3.05) is 18.9 Å². The van der Waals surface area contributed by atoms with Crippen molar-refractivity contribution in [3.05, 3.63) is 18.1 Å². The molecule has 1 aromatic heterocycles.